The molecule has 2 rings (SSSR count). The van der Waals surface area contributed by atoms with Gasteiger partial charge >= 0.3 is 0 Å². The van der Waals surface area contributed by atoms with E-state index in [1.165, 1.54) is 5.56 Å². The first kappa shape index (κ1) is 18.8. The molecule has 0 aliphatic rings. The van der Waals surface area contributed by atoms with Crippen LogP contribution in [0.15, 0.2) is 40.9 Å². The van der Waals surface area contributed by atoms with E-state index in [0.29, 0.717) is 31.2 Å². The van der Waals surface area contributed by atoms with Gasteiger partial charge in [0.2, 0.25) is 0 Å². The van der Waals surface area contributed by atoms with Gasteiger partial charge in [-0.1, -0.05) is 29.8 Å². The van der Waals surface area contributed by atoms with Crippen LogP contribution in [0, 0.1) is 6.92 Å². The van der Waals surface area contributed by atoms with E-state index in [4.69, 9.17) is 9.47 Å². The summed E-state index contributed by atoms with van der Waals surface area (Å²) in [5.41, 5.74) is 3.39. The molecule has 0 unspecified atom stereocenters. The van der Waals surface area contributed by atoms with Crippen LogP contribution in [0.25, 0.3) is 0 Å². The van der Waals surface area contributed by atoms with Gasteiger partial charge in [0.25, 0.3) is 0 Å². The third-order valence-corrected chi connectivity index (χ3v) is 4.15. The second-order valence-electron chi connectivity index (χ2n) is 5.86. The second-order valence-corrected chi connectivity index (χ2v) is 6.72. The van der Waals surface area contributed by atoms with Crippen molar-refractivity contribution >= 4 is 15.9 Å². The zero-order valence-electron chi connectivity index (χ0n) is 14.3. The molecule has 0 aliphatic carbocycles. The largest absolute Gasteiger partial charge is 0.493 e. The maximum absolute atomic E-state index is 9.31. The van der Waals surface area contributed by atoms with Gasteiger partial charge in [-0.3, -0.25) is 0 Å². The smallest absolute Gasteiger partial charge is 0.175 e. The third kappa shape index (κ3) is 5.51. The van der Waals surface area contributed by atoms with Gasteiger partial charge in [0.1, 0.15) is 6.61 Å². The molecule has 2 N–H and O–H groups in total. The van der Waals surface area contributed by atoms with Crippen LogP contribution in [0.2, 0.25) is 0 Å². The molecule has 5 heteroatoms. The summed E-state index contributed by atoms with van der Waals surface area (Å²) >= 11 is 3.56. The van der Waals surface area contributed by atoms with E-state index in [2.05, 4.69) is 52.4 Å². The predicted octanol–water partition coefficient (Wildman–Crippen LogP) is 3.82. The first-order valence-electron chi connectivity index (χ1n) is 7.93. The Hall–Kier alpha value is -1.56. The van der Waals surface area contributed by atoms with Gasteiger partial charge in [0, 0.05) is 13.1 Å². The summed E-state index contributed by atoms with van der Waals surface area (Å²) in [4.78, 5) is 0. The Balaban J connectivity index is 2.07. The standard InChI is InChI=1S/C19H24BrNO3/c1-13-4-6-15(7-5-13)12-24-19-17(20)8-16(9-18(19)23-3)11-21-10-14(2)22/h4-9,14,21-22H,10-12H2,1-3H3/t14-/m0/s1. The Kier molecular flexibility index (Phi) is 7.09. The number of aliphatic hydroxyl groups excluding tert-OH is 1. The SMILES string of the molecule is COc1cc(CNC[C@H](C)O)cc(Br)c1OCc1ccc(C)cc1. The first-order chi connectivity index (χ1) is 11.5. The van der Waals surface area contributed by atoms with Crippen molar-refractivity contribution < 1.29 is 14.6 Å². The highest BCUT2D eigenvalue weighted by molar-refractivity contribution is 9.10. The van der Waals surface area contributed by atoms with Crippen LogP contribution in [0.5, 0.6) is 11.5 Å². The number of methoxy groups -OCH3 is 1. The lowest BCUT2D eigenvalue weighted by molar-refractivity contribution is 0.191. The Morgan fingerprint density at radius 2 is 1.88 bits per heavy atom. The molecule has 1 atom stereocenters. The van der Waals surface area contributed by atoms with Crippen LogP contribution in [0.4, 0.5) is 0 Å². The average Bonchev–Trinajstić information content (AvgIpc) is 2.54. The van der Waals surface area contributed by atoms with E-state index >= 15 is 0 Å². The molecule has 0 aliphatic heterocycles. The fourth-order valence-corrected chi connectivity index (χ4v) is 2.88. The summed E-state index contributed by atoms with van der Waals surface area (Å²) in [5.74, 6) is 1.38. The molecule has 0 aromatic heterocycles. The van der Waals surface area contributed by atoms with Crippen molar-refractivity contribution in [2.24, 2.45) is 0 Å². The second kappa shape index (κ2) is 9.06. The molecule has 0 saturated carbocycles. The average molecular weight is 394 g/mol. The molecule has 0 fully saturated rings. The van der Waals surface area contributed by atoms with Crippen molar-refractivity contribution in [3.05, 3.63) is 57.6 Å². The summed E-state index contributed by atoms with van der Waals surface area (Å²) in [5, 5.41) is 12.5. The fourth-order valence-electron chi connectivity index (χ4n) is 2.28. The number of aryl methyl sites for hydroxylation is 1. The number of aliphatic hydroxyl groups is 1. The highest BCUT2D eigenvalue weighted by atomic mass is 79.9. The summed E-state index contributed by atoms with van der Waals surface area (Å²) in [7, 11) is 1.63. The van der Waals surface area contributed by atoms with E-state index < -0.39 is 0 Å². The highest BCUT2D eigenvalue weighted by Gasteiger charge is 2.12. The Morgan fingerprint density at radius 3 is 2.50 bits per heavy atom. The molecule has 130 valence electrons. The number of rotatable bonds is 8. The fraction of sp³-hybridized carbons (Fsp3) is 0.368. The van der Waals surface area contributed by atoms with E-state index in [9.17, 15) is 5.11 Å². The monoisotopic (exact) mass is 393 g/mol. The number of hydrogen-bond acceptors (Lipinski definition) is 4. The molecule has 4 nitrogen and oxygen atoms in total. The number of hydrogen-bond donors (Lipinski definition) is 2. The Labute approximate surface area is 151 Å². The zero-order valence-corrected chi connectivity index (χ0v) is 15.9. The van der Waals surface area contributed by atoms with Crippen molar-refractivity contribution in [3.8, 4) is 11.5 Å². The maximum Gasteiger partial charge on any atom is 0.175 e. The molecule has 2 aromatic rings. The van der Waals surface area contributed by atoms with Crippen LogP contribution in [-0.2, 0) is 13.2 Å². The Bertz CT molecular complexity index is 656. The van der Waals surface area contributed by atoms with Gasteiger partial charge in [-0.25, -0.2) is 0 Å². The van der Waals surface area contributed by atoms with E-state index in [0.717, 1.165) is 15.6 Å². The van der Waals surface area contributed by atoms with E-state index in [1.807, 2.05) is 12.1 Å². The first-order valence-corrected chi connectivity index (χ1v) is 8.72. The molecule has 24 heavy (non-hydrogen) atoms. The van der Waals surface area contributed by atoms with Gasteiger partial charge in [-0.05, 0) is 53.0 Å². The lowest BCUT2D eigenvalue weighted by Crippen LogP contribution is -2.23. The van der Waals surface area contributed by atoms with Crippen molar-refractivity contribution in [2.45, 2.75) is 33.1 Å². The number of ether oxygens (including phenoxy) is 2. The minimum Gasteiger partial charge on any atom is -0.493 e. The summed E-state index contributed by atoms with van der Waals surface area (Å²) in [6, 6.07) is 12.2. The van der Waals surface area contributed by atoms with Crippen LogP contribution < -0.4 is 14.8 Å². The molecular formula is C19H24BrNO3. The molecule has 0 bridgehead atoms. The molecule has 0 saturated heterocycles. The molecule has 0 amide bonds. The van der Waals surface area contributed by atoms with Gasteiger partial charge in [0.15, 0.2) is 11.5 Å². The topological polar surface area (TPSA) is 50.7 Å². The highest BCUT2D eigenvalue weighted by Crippen LogP contribution is 2.37. The van der Waals surface area contributed by atoms with Crippen molar-refractivity contribution in [1.82, 2.24) is 5.32 Å². The number of benzene rings is 2. The van der Waals surface area contributed by atoms with Gasteiger partial charge < -0.3 is 19.9 Å². The summed E-state index contributed by atoms with van der Waals surface area (Å²) in [6.07, 6.45) is -0.368. The summed E-state index contributed by atoms with van der Waals surface area (Å²) in [6.45, 7) is 5.50. The van der Waals surface area contributed by atoms with Crippen LogP contribution in [0.1, 0.15) is 23.6 Å². The lowest BCUT2D eigenvalue weighted by Gasteiger charge is -2.15. The van der Waals surface area contributed by atoms with Gasteiger partial charge in [-0.15, -0.1) is 0 Å². The molecule has 0 spiro atoms. The molecule has 0 heterocycles. The minimum atomic E-state index is -0.368. The van der Waals surface area contributed by atoms with E-state index in [-0.39, 0.29) is 6.10 Å². The van der Waals surface area contributed by atoms with Crippen molar-refractivity contribution in [3.63, 3.8) is 0 Å². The molecule has 0 radical (unpaired) electrons. The van der Waals surface area contributed by atoms with Crippen LogP contribution in [-0.4, -0.2) is 24.9 Å². The predicted molar refractivity (Wildman–Crippen MR) is 99.6 cm³/mol. The van der Waals surface area contributed by atoms with Crippen LogP contribution >= 0.6 is 15.9 Å². The normalized spacial score (nSPS) is 12.0. The van der Waals surface area contributed by atoms with E-state index in [1.54, 1.807) is 14.0 Å². The van der Waals surface area contributed by atoms with Gasteiger partial charge in [-0.2, -0.15) is 0 Å². The Morgan fingerprint density at radius 1 is 1.17 bits per heavy atom. The number of nitrogens with one attached hydrogen (secondary N) is 1. The quantitative estimate of drug-likeness (QED) is 0.715. The maximum atomic E-state index is 9.31. The lowest BCUT2D eigenvalue weighted by atomic mass is 10.1. The number of halogens is 1. The molecular weight excluding hydrogens is 370 g/mol. The third-order valence-electron chi connectivity index (χ3n) is 3.56. The van der Waals surface area contributed by atoms with Crippen molar-refractivity contribution in [1.29, 1.82) is 0 Å². The minimum absolute atomic E-state index is 0.368. The molecule has 2 aromatic carbocycles. The van der Waals surface area contributed by atoms with Crippen molar-refractivity contribution in [2.75, 3.05) is 13.7 Å². The zero-order chi connectivity index (χ0) is 17.5. The van der Waals surface area contributed by atoms with Gasteiger partial charge in [0.05, 0.1) is 17.7 Å². The summed E-state index contributed by atoms with van der Waals surface area (Å²) < 4.78 is 12.3. The van der Waals surface area contributed by atoms with Crippen LogP contribution in [0.3, 0.4) is 0 Å².